The predicted molar refractivity (Wildman–Crippen MR) is 126 cm³/mol. The molecule has 2 atom stereocenters. The van der Waals surface area contributed by atoms with Crippen molar-refractivity contribution in [2.75, 3.05) is 19.6 Å². The highest BCUT2D eigenvalue weighted by Gasteiger charge is 2.46. The molecule has 5 heteroatoms. The van der Waals surface area contributed by atoms with E-state index in [-0.39, 0.29) is 17.3 Å². The minimum absolute atomic E-state index is 0.0861. The van der Waals surface area contributed by atoms with Crippen LogP contribution < -0.4 is 5.11 Å². The van der Waals surface area contributed by atoms with Gasteiger partial charge in [-0.05, 0) is 90.9 Å². The van der Waals surface area contributed by atoms with Crippen molar-refractivity contribution in [3.05, 3.63) is 58.9 Å². The van der Waals surface area contributed by atoms with Crippen molar-refractivity contribution < 1.29 is 14.3 Å². The molecule has 2 aromatic rings. The summed E-state index contributed by atoms with van der Waals surface area (Å²) >= 11 is 0. The molecule has 0 radical (unpaired) electrons. The lowest BCUT2D eigenvalue weighted by Crippen LogP contribution is -2.63. The number of fused-ring (bicyclic) bond motifs is 4. The van der Waals surface area contributed by atoms with Gasteiger partial charge in [0.1, 0.15) is 11.9 Å². The molecule has 2 bridgehead atoms. The predicted octanol–water partition coefficient (Wildman–Crippen LogP) is 4.81. The van der Waals surface area contributed by atoms with E-state index in [4.69, 9.17) is 0 Å². The van der Waals surface area contributed by atoms with Crippen LogP contribution in [0.3, 0.4) is 0 Å². The van der Waals surface area contributed by atoms with Crippen LogP contribution in [-0.2, 0) is 12.8 Å². The summed E-state index contributed by atoms with van der Waals surface area (Å²) < 4.78 is 15.5. The third-order valence-electron chi connectivity index (χ3n) is 8.44. The van der Waals surface area contributed by atoms with Crippen molar-refractivity contribution in [1.82, 2.24) is 9.80 Å². The van der Waals surface area contributed by atoms with Gasteiger partial charge in [0.2, 0.25) is 0 Å². The number of halogens is 1. The van der Waals surface area contributed by atoms with E-state index in [1.807, 2.05) is 30.3 Å². The normalized spacial score (nSPS) is 27.8. The molecule has 0 unspecified atom stereocenters. The van der Waals surface area contributed by atoms with Gasteiger partial charge in [0.25, 0.3) is 0 Å². The van der Waals surface area contributed by atoms with Gasteiger partial charge in [0.05, 0.1) is 6.04 Å². The molecule has 3 heterocycles. The quantitative estimate of drug-likeness (QED) is 0.673. The van der Waals surface area contributed by atoms with Crippen LogP contribution in [0.15, 0.2) is 36.4 Å². The number of carboxylic acid groups (broad SMARTS) is 1. The van der Waals surface area contributed by atoms with Crippen molar-refractivity contribution in [3.8, 4) is 11.1 Å². The van der Waals surface area contributed by atoms with Gasteiger partial charge in [0.15, 0.2) is 0 Å². The van der Waals surface area contributed by atoms with Gasteiger partial charge in [-0.25, -0.2) is 4.39 Å². The summed E-state index contributed by atoms with van der Waals surface area (Å²) in [5.41, 5.74) is 4.26. The molecular weight excluding hydrogens is 415 g/mol. The summed E-state index contributed by atoms with van der Waals surface area (Å²) in [4.78, 5) is 16.6. The summed E-state index contributed by atoms with van der Waals surface area (Å²) in [6, 6.07) is 11.1. The largest absolute Gasteiger partial charge is 0.530 e. The van der Waals surface area contributed by atoms with Crippen LogP contribution in [0.5, 0.6) is 0 Å². The Hall–Kier alpha value is -2.40. The lowest BCUT2D eigenvalue weighted by Gasteiger charge is -2.56. The van der Waals surface area contributed by atoms with Gasteiger partial charge >= 0.3 is 0 Å². The van der Waals surface area contributed by atoms with E-state index in [0.717, 1.165) is 68.4 Å². The smallest absolute Gasteiger partial charge is 0.137 e. The average molecular weight is 450 g/mol. The molecule has 0 aromatic heterocycles. The Morgan fingerprint density at radius 2 is 1.88 bits per heavy atom. The molecule has 2 aromatic carbocycles. The molecule has 1 aliphatic carbocycles. The zero-order chi connectivity index (χ0) is 23.3. The number of carbonyl (C=O) groups excluding carboxylic acids is 1. The Morgan fingerprint density at radius 1 is 1.18 bits per heavy atom. The van der Waals surface area contributed by atoms with Gasteiger partial charge < -0.3 is 19.7 Å². The van der Waals surface area contributed by atoms with E-state index in [1.54, 1.807) is 11.0 Å². The molecule has 33 heavy (non-hydrogen) atoms. The number of benzene rings is 2. The molecule has 0 saturated carbocycles. The van der Waals surface area contributed by atoms with Crippen LogP contribution in [0.1, 0.15) is 62.8 Å². The van der Waals surface area contributed by atoms with Gasteiger partial charge in [-0.15, -0.1) is 0 Å². The average Bonchev–Trinajstić information content (AvgIpc) is 2.81. The van der Waals surface area contributed by atoms with Crippen molar-refractivity contribution in [1.29, 1.82) is 0 Å². The topological polar surface area (TPSA) is 46.6 Å². The van der Waals surface area contributed by atoms with Crippen LogP contribution in [0.25, 0.3) is 11.1 Å². The van der Waals surface area contributed by atoms with Crippen LogP contribution in [0.4, 0.5) is 9.18 Å². The highest BCUT2D eigenvalue weighted by molar-refractivity contribution is 5.68. The maximum atomic E-state index is 15.5. The third kappa shape index (κ3) is 3.95. The second kappa shape index (κ2) is 8.43. The first-order valence-corrected chi connectivity index (χ1v) is 12.4. The molecule has 1 amide bonds. The maximum absolute atomic E-state index is 15.5. The van der Waals surface area contributed by atoms with E-state index in [2.05, 4.69) is 25.7 Å². The number of hydrogen-bond acceptors (Lipinski definition) is 3. The highest BCUT2D eigenvalue weighted by atomic mass is 19.1. The second-order valence-corrected chi connectivity index (χ2v) is 10.9. The first-order valence-electron chi connectivity index (χ1n) is 12.4. The fourth-order valence-electron chi connectivity index (χ4n) is 6.47. The van der Waals surface area contributed by atoms with Crippen LogP contribution >= 0.6 is 0 Å². The number of piperidine rings is 3. The van der Waals surface area contributed by atoms with Crippen LogP contribution in [-0.4, -0.2) is 41.6 Å². The lowest BCUT2D eigenvalue weighted by molar-refractivity contribution is -0.277. The number of nitrogens with zero attached hydrogens (tertiary/aromatic N) is 2. The highest BCUT2D eigenvalue weighted by Crippen LogP contribution is 2.50. The lowest BCUT2D eigenvalue weighted by atomic mass is 9.68. The molecule has 176 valence electrons. The SMILES string of the molecule is CCc1ccc(-c2cc3c(cc2F)[C@H](N(C(=O)[O-])[C@@H]2CN4CCC2CC4)C(C)(C)CC3)cc1. The van der Waals surface area contributed by atoms with Crippen molar-refractivity contribution in [2.24, 2.45) is 11.3 Å². The minimum Gasteiger partial charge on any atom is -0.530 e. The molecule has 4 aliphatic rings. The Balaban J connectivity index is 1.57. The van der Waals surface area contributed by atoms with Crippen molar-refractivity contribution in [3.63, 3.8) is 0 Å². The number of aryl methyl sites for hydroxylation is 2. The molecule has 0 spiro atoms. The van der Waals surface area contributed by atoms with E-state index in [0.29, 0.717) is 11.5 Å². The van der Waals surface area contributed by atoms with Gasteiger partial charge in [-0.2, -0.15) is 0 Å². The first-order chi connectivity index (χ1) is 15.8. The monoisotopic (exact) mass is 449 g/mol. The van der Waals surface area contributed by atoms with Gasteiger partial charge in [-0.3, -0.25) is 0 Å². The Labute approximate surface area is 196 Å². The van der Waals surface area contributed by atoms with Crippen LogP contribution in [0.2, 0.25) is 0 Å². The fourth-order valence-corrected chi connectivity index (χ4v) is 6.47. The van der Waals surface area contributed by atoms with E-state index < -0.39 is 12.1 Å². The fraction of sp³-hybridized carbons (Fsp3) is 0.536. The molecule has 3 saturated heterocycles. The van der Waals surface area contributed by atoms with E-state index in [1.165, 1.54) is 5.56 Å². The van der Waals surface area contributed by atoms with Crippen LogP contribution in [0, 0.1) is 17.2 Å². The number of carbonyl (C=O) groups is 1. The second-order valence-electron chi connectivity index (χ2n) is 10.9. The van der Waals surface area contributed by atoms with Gasteiger partial charge in [-0.1, -0.05) is 45.0 Å². The Kier molecular flexibility index (Phi) is 5.72. The zero-order valence-corrected chi connectivity index (χ0v) is 19.9. The minimum atomic E-state index is -1.13. The molecule has 0 N–H and O–H groups in total. The number of rotatable bonds is 4. The van der Waals surface area contributed by atoms with Crippen molar-refractivity contribution >= 4 is 6.09 Å². The molecule has 3 fully saturated rings. The van der Waals surface area contributed by atoms with Gasteiger partial charge in [0, 0.05) is 18.2 Å². The molecule has 3 aliphatic heterocycles. The summed E-state index contributed by atoms with van der Waals surface area (Å²) in [7, 11) is 0. The summed E-state index contributed by atoms with van der Waals surface area (Å²) in [5, 5.41) is 12.6. The van der Waals surface area contributed by atoms with E-state index in [9.17, 15) is 9.90 Å². The first kappa shape index (κ1) is 22.4. The number of amides is 1. The Bertz CT molecular complexity index is 1040. The van der Waals surface area contributed by atoms with E-state index >= 15 is 4.39 Å². The molecule has 6 rings (SSSR count). The summed E-state index contributed by atoms with van der Waals surface area (Å²) in [6.45, 7) is 9.18. The third-order valence-corrected chi connectivity index (χ3v) is 8.44. The number of hydrogen-bond donors (Lipinski definition) is 0. The summed E-state index contributed by atoms with van der Waals surface area (Å²) in [5.74, 6) is 0.0724. The molecular formula is C28H34FN2O2-. The standard InChI is InChI=1S/C28H35FN2O2/c1-4-18-5-7-19(8-6-18)22-15-21-9-12-28(2,3)26(23(21)16-24(22)29)31(27(32)33)25-17-30-13-10-20(25)11-14-30/h5-8,15-16,20,25-26H,4,9-14,17H2,1-3H3,(H,32,33)/p-1/t25-,26+/m1/s1. The zero-order valence-electron chi connectivity index (χ0n) is 19.9. The maximum Gasteiger partial charge on any atom is 0.137 e. The Morgan fingerprint density at radius 3 is 2.45 bits per heavy atom. The molecule has 4 nitrogen and oxygen atoms in total. The van der Waals surface area contributed by atoms with Crippen molar-refractivity contribution in [2.45, 2.75) is 65.0 Å². The summed E-state index contributed by atoms with van der Waals surface area (Å²) in [6.07, 6.45) is 3.54.